The molecule has 4 heterocycles. The third-order valence-electron chi connectivity index (χ3n) is 6.15. The molecule has 31 heavy (non-hydrogen) atoms. The Kier molecular flexibility index (Phi) is 5.29. The van der Waals surface area contributed by atoms with E-state index in [-0.39, 0.29) is 0 Å². The molecule has 5 rings (SSSR count). The number of methoxy groups -OCH3 is 1. The van der Waals surface area contributed by atoms with Crippen molar-refractivity contribution in [3.8, 4) is 17.0 Å². The second-order valence-electron chi connectivity index (χ2n) is 8.29. The molecule has 0 spiro atoms. The topological polar surface area (TPSA) is 76.0 Å². The molecule has 1 N–H and O–H groups in total. The van der Waals surface area contributed by atoms with Gasteiger partial charge >= 0.3 is 0 Å². The van der Waals surface area contributed by atoms with Gasteiger partial charge in [0.25, 0.3) is 0 Å². The Balaban J connectivity index is 1.22. The highest BCUT2D eigenvalue weighted by atomic mass is 32.1. The zero-order valence-electron chi connectivity index (χ0n) is 17.7. The first kappa shape index (κ1) is 20.2. The van der Waals surface area contributed by atoms with Gasteiger partial charge in [-0.15, -0.1) is 11.3 Å². The number of aryl methyl sites for hydroxylation is 1. The summed E-state index contributed by atoms with van der Waals surface area (Å²) in [5.41, 5.74) is 3.24. The van der Waals surface area contributed by atoms with Gasteiger partial charge in [-0.3, -0.25) is 9.30 Å². The highest BCUT2D eigenvalue weighted by molar-refractivity contribution is 7.15. The predicted molar refractivity (Wildman–Crippen MR) is 119 cm³/mol. The van der Waals surface area contributed by atoms with Crippen molar-refractivity contribution in [2.75, 3.05) is 20.2 Å². The van der Waals surface area contributed by atoms with Crippen LogP contribution in [0.3, 0.4) is 0 Å². The zero-order chi connectivity index (χ0) is 21.4. The van der Waals surface area contributed by atoms with Gasteiger partial charge < -0.3 is 14.4 Å². The third-order valence-corrected chi connectivity index (χ3v) is 6.91. The minimum atomic E-state index is -0.772. The van der Waals surface area contributed by atoms with Crippen LogP contribution in [-0.2, 0) is 13.0 Å². The number of aromatic nitrogens is 3. The van der Waals surface area contributed by atoms with Gasteiger partial charge in [-0.1, -0.05) is 17.3 Å². The number of thiazole rings is 1. The van der Waals surface area contributed by atoms with E-state index in [0.717, 1.165) is 47.3 Å². The second kappa shape index (κ2) is 8.11. The van der Waals surface area contributed by atoms with Crippen LogP contribution in [0.15, 0.2) is 46.4 Å². The lowest BCUT2D eigenvalue weighted by molar-refractivity contribution is -0.0268. The van der Waals surface area contributed by atoms with Gasteiger partial charge in [0, 0.05) is 49.3 Å². The summed E-state index contributed by atoms with van der Waals surface area (Å²) in [6.45, 7) is 4.59. The van der Waals surface area contributed by atoms with Crippen LogP contribution in [0, 0.1) is 6.92 Å². The van der Waals surface area contributed by atoms with Crippen molar-refractivity contribution in [3.05, 3.63) is 59.1 Å². The average molecular weight is 439 g/mol. The van der Waals surface area contributed by atoms with E-state index in [0.29, 0.717) is 25.0 Å². The van der Waals surface area contributed by atoms with Gasteiger partial charge in [0.2, 0.25) is 0 Å². The first-order valence-electron chi connectivity index (χ1n) is 10.5. The molecule has 0 atom stereocenters. The van der Waals surface area contributed by atoms with Crippen molar-refractivity contribution >= 4 is 16.3 Å². The van der Waals surface area contributed by atoms with Crippen molar-refractivity contribution in [1.29, 1.82) is 0 Å². The number of aliphatic hydroxyl groups is 1. The molecule has 3 aromatic heterocycles. The molecule has 1 aromatic carbocycles. The highest BCUT2D eigenvalue weighted by Gasteiger charge is 2.34. The largest absolute Gasteiger partial charge is 0.497 e. The lowest BCUT2D eigenvalue weighted by Gasteiger charge is -2.37. The molecular weight excluding hydrogens is 412 g/mol. The van der Waals surface area contributed by atoms with Crippen LogP contribution < -0.4 is 4.74 Å². The first-order valence-corrected chi connectivity index (χ1v) is 11.4. The maximum atomic E-state index is 11.2. The van der Waals surface area contributed by atoms with Crippen LogP contribution in [0.25, 0.3) is 16.2 Å². The van der Waals surface area contributed by atoms with Gasteiger partial charge in [0.05, 0.1) is 24.1 Å². The quantitative estimate of drug-likeness (QED) is 0.491. The van der Waals surface area contributed by atoms with Gasteiger partial charge in [-0.2, -0.15) is 0 Å². The van der Waals surface area contributed by atoms with Crippen molar-refractivity contribution < 1.29 is 14.4 Å². The Morgan fingerprint density at radius 1 is 1.26 bits per heavy atom. The normalized spacial score (nSPS) is 16.7. The molecule has 8 heteroatoms. The van der Waals surface area contributed by atoms with Crippen LogP contribution >= 0.6 is 11.3 Å². The van der Waals surface area contributed by atoms with Crippen LogP contribution in [0.4, 0.5) is 0 Å². The SMILES string of the molecule is COc1cccc(-c2cc(CC3(O)CCN(Cc4c(C)nc5sccn45)CC3)on2)c1. The molecule has 1 saturated heterocycles. The van der Waals surface area contributed by atoms with Crippen LogP contribution in [-0.4, -0.2) is 50.3 Å². The van der Waals surface area contributed by atoms with Crippen molar-refractivity contribution in [2.24, 2.45) is 0 Å². The van der Waals surface area contributed by atoms with Crippen molar-refractivity contribution in [1.82, 2.24) is 19.4 Å². The first-order chi connectivity index (χ1) is 15.0. The smallest absolute Gasteiger partial charge is 0.194 e. The summed E-state index contributed by atoms with van der Waals surface area (Å²) in [5, 5.41) is 17.4. The molecule has 0 unspecified atom stereocenters. The average Bonchev–Trinajstić information content (AvgIpc) is 3.48. The summed E-state index contributed by atoms with van der Waals surface area (Å²) in [4.78, 5) is 8.07. The number of hydrogen-bond donors (Lipinski definition) is 1. The Labute approximate surface area is 184 Å². The number of benzene rings is 1. The number of piperidine rings is 1. The monoisotopic (exact) mass is 438 g/mol. The number of ether oxygens (including phenoxy) is 1. The van der Waals surface area contributed by atoms with Gasteiger partial charge in [0.1, 0.15) is 17.2 Å². The van der Waals surface area contributed by atoms with Crippen LogP contribution in [0.5, 0.6) is 5.75 Å². The van der Waals surface area contributed by atoms with E-state index in [1.54, 1.807) is 18.4 Å². The number of likely N-dealkylation sites (tertiary alicyclic amines) is 1. The molecule has 1 aliphatic rings. The predicted octanol–water partition coefficient (Wildman–Crippen LogP) is 3.94. The standard InChI is InChI=1S/C23H26N4O3S/c1-16-21(27-10-11-31-22(27)24-16)15-26-8-6-23(28,7-9-26)14-19-13-20(25-30-19)17-4-3-5-18(12-17)29-2/h3-5,10-13,28H,6-9,14-15H2,1-2H3. The second-order valence-corrected chi connectivity index (χ2v) is 9.16. The minimum absolute atomic E-state index is 0.471. The van der Waals surface area contributed by atoms with Gasteiger partial charge in [-0.25, -0.2) is 4.98 Å². The molecule has 0 saturated carbocycles. The number of nitrogens with zero attached hydrogens (tertiary/aromatic N) is 4. The lowest BCUT2D eigenvalue weighted by atomic mass is 9.87. The van der Waals surface area contributed by atoms with Gasteiger partial charge in [0.15, 0.2) is 4.96 Å². The fraction of sp³-hybridized carbons (Fsp3) is 0.391. The Morgan fingerprint density at radius 3 is 2.90 bits per heavy atom. The zero-order valence-corrected chi connectivity index (χ0v) is 18.6. The maximum Gasteiger partial charge on any atom is 0.194 e. The van der Waals surface area contributed by atoms with E-state index in [9.17, 15) is 5.11 Å². The molecule has 0 radical (unpaired) electrons. The summed E-state index contributed by atoms with van der Waals surface area (Å²) < 4.78 is 13.0. The summed E-state index contributed by atoms with van der Waals surface area (Å²) >= 11 is 1.66. The van der Waals surface area contributed by atoms with Gasteiger partial charge in [-0.05, 0) is 31.9 Å². The molecule has 162 valence electrons. The van der Waals surface area contributed by atoms with Crippen LogP contribution in [0.1, 0.15) is 30.0 Å². The Hall–Kier alpha value is -2.68. The van der Waals surface area contributed by atoms with E-state index in [1.807, 2.05) is 30.3 Å². The van der Waals surface area contributed by atoms with E-state index >= 15 is 0 Å². The van der Waals surface area contributed by atoms with E-state index in [2.05, 4.69) is 37.9 Å². The Morgan fingerprint density at radius 2 is 2.10 bits per heavy atom. The molecule has 0 aliphatic carbocycles. The number of imidazole rings is 1. The molecule has 1 fully saturated rings. The van der Waals surface area contributed by atoms with E-state index < -0.39 is 5.60 Å². The Bertz CT molecular complexity index is 1190. The van der Waals surface area contributed by atoms with E-state index in [1.165, 1.54) is 5.69 Å². The summed E-state index contributed by atoms with van der Waals surface area (Å²) in [5.74, 6) is 1.49. The summed E-state index contributed by atoms with van der Waals surface area (Å²) in [6.07, 6.45) is 3.96. The van der Waals surface area contributed by atoms with Crippen LogP contribution in [0.2, 0.25) is 0 Å². The summed E-state index contributed by atoms with van der Waals surface area (Å²) in [7, 11) is 1.65. The fourth-order valence-corrected chi connectivity index (χ4v) is 5.06. The highest BCUT2D eigenvalue weighted by Crippen LogP contribution is 2.30. The number of hydrogen-bond acceptors (Lipinski definition) is 7. The minimum Gasteiger partial charge on any atom is -0.497 e. The van der Waals surface area contributed by atoms with Crippen molar-refractivity contribution in [2.45, 2.75) is 38.3 Å². The number of fused-ring (bicyclic) bond motifs is 1. The molecule has 0 bridgehead atoms. The maximum absolute atomic E-state index is 11.2. The van der Waals surface area contributed by atoms with E-state index in [4.69, 9.17) is 9.26 Å². The lowest BCUT2D eigenvalue weighted by Crippen LogP contribution is -2.45. The fourth-order valence-electron chi connectivity index (χ4n) is 4.29. The number of rotatable bonds is 6. The molecule has 0 amide bonds. The summed E-state index contributed by atoms with van der Waals surface area (Å²) in [6, 6.07) is 9.65. The molecule has 7 nitrogen and oxygen atoms in total. The molecular formula is C23H26N4O3S. The van der Waals surface area contributed by atoms with Crippen molar-refractivity contribution in [3.63, 3.8) is 0 Å². The third kappa shape index (κ3) is 4.11. The molecule has 1 aliphatic heterocycles. The molecule has 4 aromatic rings.